The molecule has 10 heteroatoms. The Hall–Kier alpha value is -2.65. The van der Waals surface area contributed by atoms with Crippen LogP contribution in [0.2, 0.25) is 5.02 Å². The van der Waals surface area contributed by atoms with Gasteiger partial charge in [-0.2, -0.15) is 0 Å². The lowest BCUT2D eigenvalue weighted by atomic mass is 10.1. The molecule has 0 saturated heterocycles. The van der Waals surface area contributed by atoms with Gasteiger partial charge in [0.1, 0.15) is 18.4 Å². The number of rotatable bonds is 9. The van der Waals surface area contributed by atoms with Gasteiger partial charge in [-0.15, -0.1) is 0 Å². The van der Waals surface area contributed by atoms with E-state index in [2.05, 4.69) is 5.32 Å². The van der Waals surface area contributed by atoms with Crippen molar-refractivity contribution in [2.45, 2.75) is 26.4 Å². The van der Waals surface area contributed by atoms with E-state index >= 15 is 0 Å². The minimum absolute atomic E-state index is 0.00453. The summed E-state index contributed by atoms with van der Waals surface area (Å²) < 4.78 is 39.0. The summed E-state index contributed by atoms with van der Waals surface area (Å²) in [5.41, 5.74) is 0.829. The number of amides is 2. The second kappa shape index (κ2) is 10.6. The third-order valence-electron chi connectivity index (χ3n) is 4.56. The van der Waals surface area contributed by atoms with Crippen molar-refractivity contribution in [2.75, 3.05) is 23.7 Å². The normalized spacial score (nSPS) is 12.2. The molecule has 2 amide bonds. The standard InChI is InChI=1S/C21H25ClFN3O4S/c1-4-24-21(28)15(2)25(13-16-8-10-18(23)11-9-16)20(27)14-26(31(3,29)30)19-7-5-6-17(22)12-19/h5-12,15H,4,13-14H2,1-3H3,(H,24,28). The number of nitrogens with one attached hydrogen (secondary N) is 1. The van der Waals surface area contributed by atoms with Crippen molar-refractivity contribution in [2.24, 2.45) is 0 Å². The van der Waals surface area contributed by atoms with Crippen LogP contribution < -0.4 is 9.62 Å². The fourth-order valence-corrected chi connectivity index (χ4v) is 3.96. The van der Waals surface area contributed by atoms with Crippen molar-refractivity contribution in [1.29, 1.82) is 0 Å². The maximum Gasteiger partial charge on any atom is 0.244 e. The molecule has 0 aliphatic rings. The molecule has 1 unspecified atom stereocenters. The molecule has 0 aromatic heterocycles. The van der Waals surface area contributed by atoms with Gasteiger partial charge in [-0.3, -0.25) is 13.9 Å². The maximum atomic E-state index is 13.3. The SMILES string of the molecule is CCNC(=O)C(C)N(Cc1ccc(F)cc1)C(=O)CN(c1cccc(Cl)c1)S(C)(=O)=O. The summed E-state index contributed by atoms with van der Waals surface area (Å²) in [6.45, 7) is 3.16. The number of anilines is 1. The Bertz CT molecular complexity index is 1030. The zero-order valence-corrected chi connectivity index (χ0v) is 19.1. The van der Waals surface area contributed by atoms with E-state index < -0.39 is 34.3 Å². The van der Waals surface area contributed by atoms with Crippen molar-refractivity contribution in [3.63, 3.8) is 0 Å². The molecule has 0 aliphatic heterocycles. The van der Waals surface area contributed by atoms with E-state index in [0.29, 0.717) is 17.1 Å². The van der Waals surface area contributed by atoms with E-state index in [1.165, 1.54) is 41.3 Å². The molecule has 0 spiro atoms. The smallest absolute Gasteiger partial charge is 0.244 e. The molecule has 1 atom stereocenters. The summed E-state index contributed by atoms with van der Waals surface area (Å²) in [6.07, 6.45) is 0.985. The molecule has 2 rings (SSSR count). The molecule has 1 N–H and O–H groups in total. The van der Waals surface area contributed by atoms with Gasteiger partial charge in [-0.1, -0.05) is 29.8 Å². The number of likely N-dealkylation sites (N-methyl/N-ethyl adjacent to an activating group) is 1. The Balaban J connectivity index is 2.37. The van der Waals surface area contributed by atoms with E-state index in [0.717, 1.165) is 10.6 Å². The van der Waals surface area contributed by atoms with E-state index in [-0.39, 0.29) is 18.1 Å². The van der Waals surface area contributed by atoms with Gasteiger partial charge in [-0.05, 0) is 49.7 Å². The average molecular weight is 470 g/mol. The van der Waals surface area contributed by atoms with Crippen LogP contribution >= 0.6 is 11.6 Å². The van der Waals surface area contributed by atoms with Gasteiger partial charge in [0.25, 0.3) is 0 Å². The van der Waals surface area contributed by atoms with Crippen molar-refractivity contribution in [3.05, 3.63) is 64.9 Å². The number of carbonyl (C=O) groups excluding carboxylic acids is 2. The van der Waals surface area contributed by atoms with Gasteiger partial charge in [0.05, 0.1) is 11.9 Å². The Labute approximate surface area is 186 Å². The molecule has 0 saturated carbocycles. The van der Waals surface area contributed by atoms with Crippen molar-refractivity contribution in [3.8, 4) is 0 Å². The first kappa shape index (κ1) is 24.6. The van der Waals surface area contributed by atoms with Gasteiger partial charge in [0.2, 0.25) is 21.8 Å². The molecule has 0 bridgehead atoms. The number of halogens is 2. The third kappa shape index (κ3) is 6.93. The van der Waals surface area contributed by atoms with Crippen molar-refractivity contribution in [1.82, 2.24) is 10.2 Å². The zero-order chi connectivity index (χ0) is 23.2. The van der Waals surface area contributed by atoms with Gasteiger partial charge >= 0.3 is 0 Å². The lowest BCUT2D eigenvalue weighted by Crippen LogP contribution is -2.51. The molecule has 168 valence electrons. The predicted molar refractivity (Wildman–Crippen MR) is 119 cm³/mol. The van der Waals surface area contributed by atoms with Crippen LogP contribution in [-0.4, -0.2) is 50.5 Å². The van der Waals surface area contributed by atoms with Crippen molar-refractivity contribution >= 4 is 39.1 Å². The third-order valence-corrected chi connectivity index (χ3v) is 5.94. The second-order valence-electron chi connectivity index (χ2n) is 6.97. The molecule has 7 nitrogen and oxygen atoms in total. The Morgan fingerprint density at radius 3 is 2.35 bits per heavy atom. The van der Waals surface area contributed by atoms with Crippen LogP contribution in [0.15, 0.2) is 48.5 Å². The van der Waals surface area contributed by atoms with Crippen LogP contribution in [0.3, 0.4) is 0 Å². The van der Waals surface area contributed by atoms with Crippen LogP contribution in [0.4, 0.5) is 10.1 Å². The number of hydrogen-bond donors (Lipinski definition) is 1. The molecule has 0 aliphatic carbocycles. The quantitative estimate of drug-likeness (QED) is 0.611. The first-order valence-electron chi connectivity index (χ1n) is 9.57. The first-order valence-corrected chi connectivity index (χ1v) is 11.8. The van der Waals surface area contributed by atoms with E-state index in [9.17, 15) is 22.4 Å². The summed E-state index contributed by atoms with van der Waals surface area (Å²) in [5.74, 6) is -1.40. The second-order valence-corrected chi connectivity index (χ2v) is 9.31. The number of nitrogens with zero attached hydrogens (tertiary/aromatic N) is 2. The monoisotopic (exact) mass is 469 g/mol. The highest BCUT2D eigenvalue weighted by Crippen LogP contribution is 2.22. The number of sulfonamides is 1. The van der Waals surface area contributed by atoms with Gasteiger partial charge in [-0.25, -0.2) is 12.8 Å². The highest BCUT2D eigenvalue weighted by Gasteiger charge is 2.29. The molecule has 31 heavy (non-hydrogen) atoms. The molecule has 0 heterocycles. The van der Waals surface area contributed by atoms with Crippen LogP contribution in [0, 0.1) is 5.82 Å². The topological polar surface area (TPSA) is 86.8 Å². The summed E-state index contributed by atoms with van der Waals surface area (Å²) in [6, 6.07) is 10.8. The minimum atomic E-state index is -3.82. The number of benzene rings is 2. The molecule has 0 radical (unpaired) electrons. The minimum Gasteiger partial charge on any atom is -0.355 e. The largest absolute Gasteiger partial charge is 0.355 e. The van der Waals surface area contributed by atoms with Gasteiger partial charge in [0, 0.05) is 18.1 Å². The van der Waals surface area contributed by atoms with Crippen LogP contribution in [0.5, 0.6) is 0 Å². The summed E-state index contributed by atoms with van der Waals surface area (Å²) in [5, 5.41) is 2.97. The maximum absolute atomic E-state index is 13.3. The van der Waals surface area contributed by atoms with Gasteiger partial charge in [0.15, 0.2) is 0 Å². The fraction of sp³-hybridized carbons (Fsp3) is 0.333. The molecule has 2 aromatic rings. The highest BCUT2D eigenvalue weighted by atomic mass is 35.5. The lowest BCUT2D eigenvalue weighted by molar-refractivity contribution is -0.139. The van der Waals surface area contributed by atoms with Crippen LogP contribution in [0.25, 0.3) is 0 Å². The van der Waals surface area contributed by atoms with E-state index in [4.69, 9.17) is 11.6 Å². The lowest BCUT2D eigenvalue weighted by Gasteiger charge is -2.31. The van der Waals surface area contributed by atoms with E-state index in [1.54, 1.807) is 26.0 Å². The summed E-state index contributed by atoms with van der Waals surface area (Å²) >= 11 is 5.98. The molecular formula is C21H25ClFN3O4S. The van der Waals surface area contributed by atoms with Crippen molar-refractivity contribution < 1.29 is 22.4 Å². The number of carbonyl (C=O) groups is 2. The average Bonchev–Trinajstić information content (AvgIpc) is 2.70. The summed E-state index contributed by atoms with van der Waals surface area (Å²) in [7, 11) is -3.82. The molecular weight excluding hydrogens is 445 g/mol. The predicted octanol–water partition coefficient (Wildman–Crippen LogP) is 2.80. The van der Waals surface area contributed by atoms with Crippen LogP contribution in [-0.2, 0) is 26.2 Å². The highest BCUT2D eigenvalue weighted by molar-refractivity contribution is 7.92. The number of hydrogen-bond acceptors (Lipinski definition) is 4. The summed E-state index contributed by atoms with van der Waals surface area (Å²) in [4.78, 5) is 26.9. The molecule has 0 fully saturated rings. The van der Waals surface area contributed by atoms with E-state index in [1.807, 2.05) is 0 Å². The Kier molecular flexibility index (Phi) is 8.41. The van der Waals surface area contributed by atoms with Gasteiger partial charge < -0.3 is 10.2 Å². The molecule has 2 aromatic carbocycles. The first-order chi connectivity index (χ1) is 14.5. The Morgan fingerprint density at radius 1 is 1.16 bits per heavy atom. The zero-order valence-electron chi connectivity index (χ0n) is 17.5. The van der Waals surface area contributed by atoms with Crippen LogP contribution in [0.1, 0.15) is 19.4 Å². The Morgan fingerprint density at radius 2 is 1.81 bits per heavy atom. The fourth-order valence-electron chi connectivity index (χ4n) is 2.94.